The first kappa shape index (κ1) is 19.9. The molecule has 3 rings (SSSR count). The van der Waals surface area contributed by atoms with Crippen LogP contribution >= 0.6 is 15.9 Å². The van der Waals surface area contributed by atoms with Gasteiger partial charge in [-0.25, -0.2) is 4.68 Å². The van der Waals surface area contributed by atoms with Gasteiger partial charge in [0.25, 0.3) is 5.91 Å². The van der Waals surface area contributed by atoms with Crippen molar-refractivity contribution in [1.29, 1.82) is 0 Å². The molecular formula is C19H15BrF3N3O2. The van der Waals surface area contributed by atoms with Crippen molar-refractivity contribution in [2.24, 2.45) is 0 Å². The molecule has 1 amide bonds. The van der Waals surface area contributed by atoms with Gasteiger partial charge in [-0.1, -0.05) is 28.1 Å². The van der Waals surface area contributed by atoms with Crippen molar-refractivity contribution in [1.82, 2.24) is 9.78 Å². The maximum absolute atomic E-state index is 12.4. The van der Waals surface area contributed by atoms with Gasteiger partial charge < -0.3 is 10.1 Å². The summed E-state index contributed by atoms with van der Waals surface area (Å²) in [5.74, 6) is -0.364. The van der Waals surface area contributed by atoms with E-state index in [1.165, 1.54) is 12.1 Å². The molecule has 0 atom stereocenters. The zero-order chi connectivity index (χ0) is 20.3. The summed E-state index contributed by atoms with van der Waals surface area (Å²) >= 11 is 3.38. The Labute approximate surface area is 167 Å². The summed E-state index contributed by atoms with van der Waals surface area (Å²) in [6.07, 6.45) is -4.78. The van der Waals surface area contributed by atoms with E-state index in [9.17, 15) is 18.0 Å². The molecule has 0 saturated heterocycles. The lowest BCUT2D eigenvalue weighted by Gasteiger charge is -2.10. The second-order valence-electron chi connectivity index (χ2n) is 5.76. The van der Waals surface area contributed by atoms with Crippen LogP contribution in [0, 0.1) is 0 Å². The number of ether oxygens (including phenoxy) is 1. The molecular weight excluding hydrogens is 439 g/mol. The lowest BCUT2D eigenvalue weighted by Crippen LogP contribution is -2.18. The summed E-state index contributed by atoms with van der Waals surface area (Å²) in [6.45, 7) is 2.42. The van der Waals surface area contributed by atoms with Crippen molar-refractivity contribution in [3.63, 3.8) is 0 Å². The van der Waals surface area contributed by atoms with E-state index in [2.05, 4.69) is 31.1 Å². The number of aromatic nitrogens is 2. The molecule has 5 nitrogen and oxygen atoms in total. The molecule has 0 aliphatic carbocycles. The molecule has 0 aliphatic heterocycles. The smallest absolute Gasteiger partial charge is 0.406 e. The molecule has 0 saturated carbocycles. The number of benzene rings is 2. The van der Waals surface area contributed by atoms with Crippen LogP contribution in [0.5, 0.6) is 5.75 Å². The van der Waals surface area contributed by atoms with Crippen molar-refractivity contribution in [3.05, 3.63) is 64.6 Å². The van der Waals surface area contributed by atoms with Crippen molar-refractivity contribution < 1.29 is 22.7 Å². The number of rotatable bonds is 5. The van der Waals surface area contributed by atoms with Crippen LogP contribution in [0.25, 0.3) is 11.3 Å². The first-order chi connectivity index (χ1) is 13.2. The second kappa shape index (κ2) is 8.05. The molecule has 3 aromatic rings. The van der Waals surface area contributed by atoms with E-state index in [0.29, 0.717) is 18.1 Å². The number of alkyl halides is 3. The molecule has 1 heterocycles. The molecule has 146 valence electrons. The van der Waals surface area contributed by atoms with Crippen LogP contribution in [0.2, 0.25) is 0 Å². The molecule has 0 radical (unpaired) electrons. The number of nitrogens with one attached hydrogen (secondary N) is 1. The standard InChI is InChI=1S/C19H15BrF3N3O2/c1-2-26-17(11-16(25-26)12-3-7-14(20)8-4-12)24-18(27)13-5-9-15(10-6-13)28-19(21,22)23/h3-11H,2H2,1H3,(H,24,27). The fraction of sp³-hybridized carbons (Fsp3) is 0.158. The van der Waals surface area contributed by atoms with Crippen LogP contribution in [0.1, 0.15) is 17.3 Å². The van der Waals surface area contributed by atoms with Crippen LogP contribution in [-0.4, -0.2) is 22.1 Å². The highest BCUT2D eigenvalue weighted by atomic mass is 79.9. The minimum absolute atomic E-state index is 0.198. The number of carbonyl (C=O) groups excluding carboxylic acids is 1. The first-order valence-corrected chi connectivity index (χ1v) is 9.05. The van der Waals surface area contributed by atoms with Gasteiger partial charge in [0.1, 0.15) is 11.6 Å². The third kappa shape index (κ3) is 4.92. The molecule has 0 fully saturated rings. The van der Waals surface area contributed by atoms with Crippen LogP contribution in [-0.2, 0) is 6.54 Å². The Hall–Kier alpha value is -2.81. The minimum atomic E-state index is -4.78. The van der Waals surface area contributed by atoms with Gasteiger partial charge in [0.05, 0.1) is 5.69 Å². The van der Waals surface area contributed by atoms with E-state index in [4.69, 9.17) is 0 Å². The number of nitrogens with zero attached hydrogens (tertiary/aromatic N) is 2. The Morgan fingerprint density at radius 1 is 1.14 bits per heavy atom. The second-order valence-corrected chi connectivity index (χ2v) is 6.68. The Kier molecular flexibility index (Phi) is 5.73. The minimum Gasteiger partial charge on any atom is -0.406 e. The summed E-state index contributed by atoms with van der Waals surface area (Å²) in [7, 11) is 0. The van der Waals surface area contributed by atoms with Crippen molar-refractivity contribution >= 4 is 27.7 Å². The van der Waals surface area contributed by atoms with Gasteiger partial charge in [-0.2, -0.15) is 5.10 Å². The van der Waals surface area contributed by atoms with Gasteiger partial charge in [0, 0.05) is 28.2 Å². The van der Waals surface area contributed by atoms with Crippen molar-refractivity contribution in [2.75, 3.05) is 5.32 Å². The molecule has 1 N–H and O–H groups in total. The van der Waals surface area contributed by atoms with Crippen LogP contribution in [0.15, 0.2) is 59.1 Å². The topological polar surface area (TPSA) is 56.2 Å². The van der Waals surface area contributed by atoms with Crippen molar-refractivity contribution in [2.45, 2.75) is 19.8 Å². The predicted octanol–water partition coefficient (Wildman–Crippen LogP) is 5.48. The quantitative estimate of drug-likeness (QED) is 0.556. The maximum atomic E-state index is 12.4. The number of anilines is 1. The Morgan fingerprint density at radius 2 is 1.79 bits per heavy atom. The molecule has 0 unspecified atom stereocenters. The average molecular weight is 454 g/mol. The summed E-state index contributed by atoms with van der Waals surface area (Å²) < 4.78 is 43.0. The zero-order valence-corrected chi connectivity index (χ0v) is 16.2. The summed E-state index contributed by atoms with van der Waals surface area (Å²) in [5.41, 5.74) is 1.78. The Morgan fingerprint density at radius 3 is 2.36 bits per heavy atom. The number of aryl methyl sites for hydroxylation is 1. The maximum Gasteiger partial charge on any atom is 0.573 e. The third-order valence-electron chi connectivity index (χ3n) is 3.81. The SMILES string of the molecule is CCn1nc(-c2ccc(Br)cc2)cc1NC(=O)c1ccc(OC(F)(F)F)cc1. The van der Waals surface area contributed by atoms with Crippen LogP contribution in [0.4, 0.5) is 19.0 Å². The van der Waals surface area contributed by atoms with E-state index in [0.717, 1.165) is 22.2 Å². The third-order valence-corrected chi connectivity index (χ3v) is 4.34. The number of hydrogen-bond donors (Lipinski definition) is 1. The van der Waals surface area contributed by atoms with Gasteiger partial charge in [-0.15, -0.1) is 13.2 Å². The first-order valence-electron chi connectivity index (χ1n) is 8.26. The van der Waals surface area contributed by atoms with E-state index >= 15 is 0 Å². The van der Waals surface area contributed by atoms with E-state index in [-0.39, 0.29) is 11.3 Å². The highest BCUT2D eigenvalue weighted by Crippen LogP contribution is 2.25. The number of halogens is 4. The summed E-state index contributed by atoms with van der Waals surface area (Å²) in [4.78, 5) is 12.4. The zero-order valence-electron chi connectivity index (χ0n) is 14.6. The molecule has 0 aliphatic rings. The predicted molar refractivity (Wildman–Crippen MR) is 102 cm³/mol. The average Bonchev–Trinajstić information content (AvgIpc) is 3.04. The number of amides is 1. The highest BCUT2D eigenvalue weighted by molar-refractivity contribution is 9.10. The van der Waals surface area contributed by atoms with Crippen LogP contribution < -0.4 is 10.1 Å². The fourth-order valence-electron chi connectivity index (χ4n) is 2.52. The molecule has 28 heavy (non-hydrogen) atoms. The fourth-order valence-corrected chi connectivity index (χ4v) is 2.78. The van der Waals surface area contributed by atoms with Gasteiger partial charge in [0.2, 0.25) is 0 Å². The van der Waals surface area contributed by atoms with Crippen LogP contribution in [0.3, 0.4) is 0 Å². The molecule has 9 heteroatoms. The molecule has 2 aromatic carbocycles. The normalized spacial score (nSPS) is 11.3. The summed E-state index contributed by atoms with van der Waals surface area (Å²) in [6, 6.07) is 14.0. The van der Waals surface area contributed by atoms with Gasteiger partial charge in [-0.05, 0) is 43.3 Å². The lowest BCUT2D eigenvalue weighted by molar-refractivity contribution is -0.274. The van der Waals surface area contributed by atoms with E-state index in [1.54, 1.807) is 10.7 Å². The van der Waals surface area contributed by atoms with E-state index in [1.807, 2.05) is 31.2 Å². The molecule has 0 bridgehead atoms. The van der Waals surface area contributed by atoms with Gasteiger partial charge in [-0.3, -0.25) is 4.79 Å². The van der Waals surface area contributed by atoms with Gasteiger partial charge >= 0.3 is 6.36 Å². The largest absolute Gasteiger partial charge is 0.573 e. The number of carbonyl (C=O) groups is 1. The Balaban J connectivity index is 1.77. The monoisotopic (exact) mass is 453 g/mol. The van der Waals surface area contributed by atoms with E-state index < -0.39 is 12.3 Å². The molecule has 0 spiro atoms. The van der Waals surface area contributed by atoms with Gasteiger partial charge in [0.15, 0.2) is 0 Å². The number of hydrogen-bond acceptors (Lipinski definition) is 3. The Bertz CT molecular complexity index is 968. The lowest BCUT2D eigenvalue weighted by atomic mass is 10.1. The van der Waals surface area contributed by atoms with Crippen molar-refractivity contribution in [3.8, 4) is 17.0 Å². The summed E-state index contributed by atoms with van der Waals surface area (Å²) in [5, 5.41) is 7.21. The molecule has 1 aromatic heterocycles. The highest BCUT2D eigenvalue weighted by Gasteiger charge is 2.31.